The number of rotatable bonds is 66. The molecular weight excluding hydrogens is 1130 g/mol. The van der Waals surface area contributed by atoms with Crippen LogP contribution in [0.5, 0.6) is 0 Å². The summed E-state index contributed by atoms with van der Waals surface area (Å²) in [6.07, 6.45) is 102. The Hall–Kier alpha value is -5.09. The molecule has 0 amide bonds. The molecule has 0 N–H and O–H groups in total. The topological polar surface area (TPSA) is 111 Å². The first-order valence-corrected chi connectivity index (χ1v) is 36.6. The Labute approximate surface area is 559 Å². The van der Waals surface area contributed by atoms with Crippen LogP contribution in [0.1, 0.15) is 284 Å². The van der Waals surface area contributed by atoms with E-state index in [0.29, 0.717) is 17.4 Å². The van der Waals surface area contributed by atoms with Crippen molar-refractivity contribution in [2.75, 3.05) is 47.5 Å². The van der Waals surface area contributed by atoms with E-state index in [4.69, 9.17) is 18.9 Å². The molecule has 0 fully saturated rings. The fraction of sp³-hybridized carbons (Fsp3) is 0.646. The molecular formula is C82H135NO8. The quantitative estimate of drug-likeness (QED) is 0.0195. The molecule has 0 radical (unpaired) electrons. The summed E-state index contributed by atoms with van der Waals surface area (Å²) in [6, 6.07) is 0. The number of hydrogen-bond donors (Lipinski definition) is 0. The monoisotopic (exact) mass is 1260 g/mol. The van der Waals surface area contributed by atoms with Crippen LogP contribution in [-0.4, -0.2) is 82.3 Å². The van der Waals surface area contributed by atoms with Crippen LogP contribution in [0.4, 0.5) is 0 Å². The summed E-state index contributed by atoms with van der Waals surface area (Å²) < 4.78 is 22.8. The smallest absolute Gasteiger partial charge is 0.306 e. The van der Waals surface area contributed by atoms with Gasteiger partial charge in [-0.05, 0) is 122 Å². The number of unbranched alkanes of at least 4 members (excludes halogenated alkanes) is 25. The van der Waals surface area contributed by atoms with Crippen molar-refractivity contribution in [3.05, 3.63) is 158 Å². The molecule has 0 aromatic heterocycles. The SMILES string of the molecule is CC/C=C\C/C=C\C/C=C\C/C=C\C/C=C\C/C=C\C/C=C\C/C=C\C/C=C\CCCCCCCCCCCCCCCC(=O)OC(COC(=O)CCCCCCCCCCCCCC/C=C\C/C=C\C/C=C\C/C=C\CC)COC(OCC[N+](C)(C)C)C(=O)[O-]. The highest BCUT2D eigenvalue weighted by atomic mass is 16.7. The van der Waals surface area contributed by atoms with Crippen LogP contribution in [-0.2, 0) is 33.3 Å². The molecule has 0 saturated carbocycles. The second-order valence-corrected chi connectivity index (χ2v) is 25.1. The van der Waals surface area contributed by atoms with Gasteiger partial charge in [0.15, 0.2) is 12.4 Å². The lowest BCUT2D eigenvalue weighted by Crippen LogP contribution is -2.44. The molecule has 91 heavy (non-hydrogen) atoms. The maximum Gasteiger partial charge on any atom is 0.306 e. The van der Waals surface area contributed by atoms with E-state index < -0.39 is 24.3 Å². The van der Waals surface area contributed by atoms with Crippen molar-refractivity contribution in [3.63, 3.8) is 0 Å². The third-order valence-electron chi connectivity index (χ3n) is 15.3. The average molecular weight is 1260 g/mol. The van der Waals surface area contributed by atoms with Gasteiger partial charge in [-0.2, -0.15) is 0 Å². The number of aliphatic carboxylic acids is 1. The van der Waals surface area contributed by atoms with Crippen molar-refractivity contribution >= 4 is 17.9 Å². The highest BCUT2D eigenvalue weighted by Gasteiger charge is 2.22. The highest BCUT2D eigenvalue weighted by Crippen LogP contribution is 2.17. The number of esters is 2. The van der Waals surface area contributed by atoms with E-state index in [1.807, 2.05) is 21.1 Å². The van der Waals surface area contributed by atoms with Crippen LogP contribution in [0.25, 0.3) is 0 Å². The van der Waals surface area contributed by atoms with E-state index in [9.17, 15) is 19.5 Å². The molecule has 2 atom stereocenters. The maximum atomic E-state index is 13.0. The van der Waals surface area contributed by atoms with Gasteiger partial charge < -0.3 is 33.3 Å². The van der Waals surface area contributed by atoms with Gasteiger partial charge in [0.25, 0.3) is 0 Å². The minimum Gasteiger partial charge on any atom is -0.545 e. The molecule has 9 heteroatoms. The lowest BCUT2D eigenvalue weighted by atomic mass is 10.0. The number of hydrogen-bond acceptors (Lipinski definition) is 8. The molecule has 0 saturated heterocycles. The second kappa shape index (κ2) is 70.8. The number of nitrogens with zero attached hydrogens (tertiary/aromatic N) is 1. The number of allylic oxidation sites excluding steroid dienone is 26. The Morgan fingerprint density at radius 1 is 0.330 bits per heavy atom. The highest BCUT2D eigenvalue weighted by molar-refractivity contribution is 5.70. The molecule has 0 bridgehead atoms. The largest absolute Gasteiger partial charge is 0.545 e. The van der Waals surface area contributed by atoms with Crippen LogP contribution in [0.15, 0.2) is 158 Å². The number of carboxylic acid groups (broad SMARTS) is 1. The number of ether oxygens (including phenoxy) is 4. The fourth-order valence-corrected chi connectivity index (χ4v) is 9.76. The van der Waals surface area contributed by atoms with Gasteiger partial charge in [-0.15, -0.1) is 0 Å². The first-order valence-electron chi connectivity index (χ1n) is 36.6. The van der Waals surface area contributed by atoms with Gasteiger partial charge in [-0.25, -0.2) is 0 Å². The van der Waals surface area contributed by atoms with E-state index in [0.717, 1.165) is 122 Å². The minimum atomic E-state index is -1.63. The second-order valence-electron chi connectivity index (χ2n) is 25.1. The number of carboxylic acids is 1. The Balaban J connectivity index is 4.11. The van der Waals surface area contributed by atoms with E-state index >= 15 is 0 Å². The van der Waals surface area contributed by atoms with Crippen molar-refractivity contribution in [2.24, 2.45) is 0 Å². The maximum absolute atomic E-state index is 13.0. The number of likely N-dealkylation sites (N-methyl/N-ethyl adjacent to an activating group) is 1. The zero-order chi connectivity index (χ0) is 66.1. The van der Waals surface area contributed by atoms with Crippen LogP contribution in [0.3, 0.4) is 0 Å². The molecule has 0 aromatic carbocycles. The predicted octanol–water partition coefficient (Wildman–Crippen LogP) is 21.9. The molecule has 0 aliphatic rings. The zero-order valence-electron chi connectivity index (χ0n) is 58.9. The Bertz CT molecular complexity index is 2060. The van der Waals surface area contributed by atoms with Crippen LogP contribution in [0, 0.1) is 0 Å². The first kappa shape index (κ1) is 85.9. The summed E-state index contributed by atoms with van der Waals surface area (Å²) in [6.45, 7) is 4.52. The zero-order valence-corrected chi connectivity index (χ0v) is 58.9. The third kappa shape index (κ3) is 72.2. The summed E-state index contributed by atoms with van der Waals surface area (Å²) in [5.74, 6) is -2.29. The molecule has 0 aliphatic carbocycles. The van der Waals surface area contributed by atoms with Gasteiger partial charge in [0, 0.05) is 12.8 Å². The average Bonchev–Trinajstić information content (AvgIpc) is 3.53. The Morgan fingerprint density at radius 3 is 0.879 bits per heavy atom. The lowest BCUT2D eigenvalue weighted by Gasteiger charge is -2.26. The van der Waals surface area contributed by atoms with Gasteiger partial charge in [-0.3, -0.25) is 9.59 Å². The summed E-state index contributed by atoms with van der Waals surface area (Å²) in [5.41, 5.74) is 0. The first-order chi connectivity index (χ1) is 44.6. The summed E-state index contributed by atoms with van der Waals surface area (Å²) >= 11 is 0. The summed E-state index contributed by atoms with van der Waals surface area (Å²) in [5, 5.41) is 11.8. The number of quaternary nitrogens is 1. The van der Waals surface area contributed by atoms with Crippen molar-refractivity contribution < 1.29 is 42.9 Å². The van der Waals surface area contributed by atoms with Crippen LogP contribution >= 0.6 is 0 Å². The molecule has 0 aromatic rings. The molecule has 2 unspecified atom stereocenters. The molecule has 0 aliphatic heterocycles. The van der Waals surface area contributed by atoms with E-state index in [2.05, 4.69) is 172 Å². The fourth-order valence-electron chi connectivity index (χ4n) is 9.76. The van der Waals surface area contributed by atoms with Crippen molar-refractivity contribution in [3.8, 4) is 0 Å². The lowest BCUT2D eigenvalue weighted by molar-refractivity contribution is -0.870. The number of carbonyl (C=O) groups is 3. The van der Waals surface area contributed by atoms with E-state index in [1.165, 1.54) is 128 Å². The molecule has 9 nitrogen and oxygen atoms in total. The Kier molecular flexibility index (Phi) is 66.8. The van der Waals surface area contributed by atoms with Crippen molar-refractivity contribution in [1.29, 1.82) is 0 Å². The van der Waals surface area contributed by atoms with Gasteiger partial charge in [0.05, 0.1) is 40.3 Å². The van der Waals surface area contributed by atoms with Crippen molar-refractivity contribution in [1.82, 2.24) is 0 Å². The molecule has 516 valence electrons. The Morgan fingerprint density at radius 2 is 0.593 bits per heavy atom. The normalized spacial score (nSPS) is 13.6. The minimum absolute atomic E-state index is 0.141. The predicted molar refractivity (Wildman–Crippen MR) is 389 cm³/mol. The van der Waals surface area contributed by atoms with Crippen molar-refractivity contribution in [2.45, 2.75) is 296 Å². The van der Waals surface area contributed by atoms with Gasteiger partial charge in [0.2, 0.25) is 0 Å². The van der Waals surface area contributed by atoms with Crippen LogP contribution < -0.4 is 5.11 Å². The standard InChI is InChI=1S/C82H135NO8/c1-6-8-10-12-14-16-18-20-22-24-26-28-30-32-33-34-35-36-37-38-39-40-41-42-43-44-45-46-47-49-51-53-55-57-59-61-63-65-67-69-71-73-80(85)91-78(77-90-82(81(86)87)88-75-74-83(3,4)5)76-89-79(84)72-70-68-66-64-62-60-58-56-54-52-50-48-31-29-27-25-23-21-19-17-15-13-11-9-7-2/h8-11,14-17,20-23,26-29,32-33,35-36,38-39,41-42,44-45,78,82H,6-7,12-13,18-19,24-25,30-31,34,37,40,43,46-77H2,1-5H3/b10-8-,11-9-,16-14-,17-15-,22-20-,23-21-,28-26-,29-27-,33-32-,36-35-,39-38-,42-41-,45-44-. The summed E-state index contributed by atoms with van der Waals surface area (Å²) in [7, 11) is 5.93. The van der Waals surface area contributed by atoms with Gasteiger partial charge in [0.1, 0.15) is 13.2 Å². The van der Waals surface area contributed by atoms with Crippen LogP contribution in [0.2, 0.25) is 0 Å². The number of carbonyl (C=O) groups excluding carboxylic acids is 3. The van der Waals surface area contributed by atoms with Gasteiger partial charge >= 0.3 is 11.9 Å². The summed E-state index contributed by atoms with van der Waals surface area (Å²) in [4.78, 5) is 37.5. The van der Waals surface area contributed by atoms with Gasteiger partial charge in [-0.1, -0.05) is 307 Å². The molecule has 0 heterocycles. The van der Waals surface area contributed by atoms with E-state index in [1.54, 1.807) is 0 Å². The van der Waals surface area contributed by atoms with E-state index in [-0.39, 0.29) is 38.6 Å². The third-order valence-corrected chi connectivity index (χ3v) is 15.3. The molecule has 0 rings (SSSR count). The molecule has 0 spiro atoms.